The molecule has 0 fully saturated rings. The summed E-state index contributed by atoms with van der Waals surface area (Å²) in [5.74, 6) is 0. The summed E-state index contributed by atoms with van der Waals surface area (Å²) in [7, 11) is 0. The summed E-state index contributed by atoms with van der Waals surface area (Å²) in [5.41, 5.74) is 3.45. The van der Waals surface area contributed by atoms with E-state index >= 15 is 0 Å². The number of likely N-dealkylation sites (N-methyl/N-ethyl adjacent to an activating group) is 1. The first-order valence-corrected chi connectivity index (χ1v) is 7.01. The number of hydrogen-bond donors (Lipinski definition) is 1. The van der Waals surface area contributed by atoms with Gasteiger partial charge in [-0.1, -0.05) is 19.1 Å². The topological polar surface area (TPSA) is 43.0 Å². The molecule has 1 unspecified atom stereocenters. The number of furan rings is 1. The summed E-state index contributed by atoms with van der Waals surface area (Å²) in [6.07, 6.45) is 6.42. The lowest BCUT2D eigenvalue weighted by atomic mass is 10.1. The van der Waals surface area contributed by atoms with E-state index in [-0.39, 0.29) is 0 Å². The molecule has 1 atom stereocenters. The van der Waals surface area contributed by atoms with Crippen LogP contribution in [-0.4, -0.2) is 22.1 Å². The molecule has 20 heavy (non-hydrogen) atoms. The summed E-state index contributed by atoms with van der Waals surface area (Å²) in [4.78, 5) is 4.45. The van der Waals surface area contributed by atoms with Crippen LogP contribution in [0.2, 0.25) is 0 Å². The van der Waals surface area contributed by atoms with Crippen LogP contribution in [0, 0.1) is 0 Å². The van der Waals surface area contributed by atoms with Gasteiger partial charge in [0.2, 0.25) is 0 Å². The summed E-state index contributed by atoms with van der Waals surface area (Å²) in [6.45, 7) is 3.99. The van der Waals surface area contributed by atoms with Crippen LogP contribution in [0.1, 0.15) is 12.5 Å². The van der Waals surface area contributed by atoms with E-state index in [1.54, 1.807) is 6.26 Å². The maximum atomic E-state index is 5.15. The summed E-state index contributed by atoms with van der Waals surface area (Å²) < 4.78 is 7.36. The zero-order chi connectivity index (χ0) is 13.8. The largest absolute Gasteiger partial charge is 0.472 e. The number of aromatic nitrogens is 2. The van der Waals surface area contributed by atoms with Crippen molar-refractivity contribution in [1.82, 2.24) is 14.9 Å². The van der Waals surface area contributed by atoms with Crippen LogP contribution in [0.4, 0.5) is 0 Å². The first-order valence-electron chi connectivity index (χ1n) is 7.01. The molecule has 0 saturated carbocycles. The quantitative estimate of drug-likeness (QED) is 0.748. The Kier molecular flexibility index (Phi) is 3.83. The third-order valence-corrected chi connectivity index (χ3v) is 3.50. The van der Waals surface area contributed by atoms with Crippen molar-refractivity contribution in [3.8, 4) is 0 Å². The molecule has 3 rings (SSSR count). The Morgan fingerprint density at radius 1 is 1.30 bits per heavy atom. The molecule has 0 aliphatic carbocycles. The van der Waals surface area contributed by atoms with Gasteiger partial charge in [0.1, 0.15) is 0 Å². The van der Waals surface area contributed by atoms with Crippen LogP contribution in [0.5, 0.6) is 0 Å². The highest BCUT2D eigenvalue weighted by molar-refractivity contribution is 5.74. The maximum Gasteiger partial charge on any atom is 0.0958 e. The van der Waals surface area contributed by atoms with Gasteiger partial charge in [0, 0.05) is 12.6 Å². The summed E-state index contributed by atoms with van der Waals surface area (Å²) >= 11 is 0. The van der Waals surface area contributed by atoms with Gasteiger partial charge in [0.15, 0.2) is 0 Å². The van der Waals surface area contributed by atoms with Crippen LogP contribution < -0.4 is 5.32 Å². The Morgan fingerprint density at radius 3 is 3.00 bits per heavy atom. The standard InChI is InChI=1S/C16H19N3O/c1-2-17-14(9-13-7-8-20-11-13)10-19-12-18-15-5-3-4-6-16(15)19/h3-8,11-12,14,17H,2,9-10H2,1H3. The molecule has 0 radical (unpaired) electrons. The second-order valence-electron chi connectivity index (χ2n) is 4.98. The number of benzene rings is 1. The fraction of sp³-hybridized carbons (Fsp3) is 0.312. The van der Waals surface area contributed by atoms with Crippen LogP contribution in [-0.2, 0) is 13.0 Å². The highest BCUT2D eigenvalue weighted by Crippen LogP contribution is 2.13. The fourth-order valence-electron chi connectivity index (χ4n) is 2.58. The van der Waals surface area contributed by atoms with E-state index in [4.69, 9.17) is 4.42 Å². The van der Waals surface area contributed by atoms with E-state index in [9.17, 15) is 0 Å². The van der Waals surface area contributed by atoms with Crippen molar-refractivity contribution in [2.45, 2.75) is 25.9 Å². The predicted octanol–water partition coefficient (Wildman–Crippen LogP) is 2.85. The monoisotopic (exact) mass is 269 g/mol. The van der Waals surface area contributed by atoms with Crippen LogP contribution in [0.25, 0.3) is 11.0 Å². The van der Waals surface area contributed by atoms with Gasteiger partial charge < -0.3 is 14.3 Å². The minimum atomic E-state index is 0.371. The zero-order valence-electron chi connectivity index (χ0n) is 11.6. The number of hydrogen-bond acceptors (Lipinski definition) is 3. The van der Waals surface area contributed by atoms with Gasteiger partial charge in [-0.3, -0.25) is 0 Å². The Labute approximate surface area is 118 Å². The molecule has 0 aliphatic rings. The second-order valence-corrected chi connectivity index (χ2v) is 4.98. The van der Waals surface area contributed by atoms with Crippen molar-refractivity contribution in [2.24, 2.45) is 0 Å². The van der Waals surface area contributed by atoms with Gasteiger partial charge in [0.25, 0.3) is 0 Å². The van der Waals surface area contributed by atoms with Crippen LogP contribution in [0.3, 0.4) is 0 Å². The SMILES string of the molecule is CCNC(Cc1ccoc1)Cn1cnc2ccccc21. The smallest absolute Gasteiger partial charge is 0.0958 e. The number of fused-ring (bicyclic) bond motifs is 1. The highest BCUT2D eigenvalue weighted by atomic mass is 16.3. The number of nitrogens with one attached hydrogen (secondary N) is 1. The van der Waals surface area contributed by atoms with E-state index in [0.717, 1.165) is 25.0 Å². The van der Waals surface area contributed by atoms with Crippen molar-refractivity contribution in [3.05, 3.63) is 54.7 Å². The lowest BCUT2D eigenvalue weighted by molar-refractivity contribution is 0.458. The van der Waals surface area contributed by atoms with Crippen molar-refractivity contribution >= 4 is 11.0 Å². The van der Waals surface area contributed by atoms with E-state index < -0.39 is 0 Å². The molecule has 4 heteroatoms. The molecule has 104 valence electrons. The van der Waals surface area contributed by atoms with Gasteiger partial charge in [0.05, 0.1) is 29.9 Å². The molecule has 0 aliphatic heterocycles. The molecule has 1 aromatic carbocycles. The third kappa shape index (κ3) is 2.75. The molecular weight excluding hydrogens is 250 g/mol. The van der Waals surface area contributed by atoms with Crippen molar-refractivity contribution < 1.29 is 4.42 Å². The molecule has 4 nitrogen and oxygen atoms in total. The Bertz CT molecular complexity index is 657. The molecule has 0 amide bonds. The van der Waals surface area contributed by atoms with Gasteiger partial charge in [-0.25, -0.2) is 4.98 Å². The van der Waals surface area contributed by atoms with Crippen molar-refractivity contribution in [3.63, 3.8) is 0 Å². The Hall–Kier alpha value is -2.07. The highest BCUT2D eigenvalue weighted by Gasteiger charge is 2.12. The van der Waals surface area contributed by atoms with E-state index in [1.165, 1.54) is 11.1 Å². The average molecular weight is 269 g/mol. The molecule has 3 aromatic rings. The van der Waals surface area contributed by atoms with Crippen molar-refractivity contribution in [2.75, 3.05) is 6.54 Å². The summed E-state index contributed by atoms with van der Waals surface area (Å²) in [5, 5.41) is 3.53. The Balaban J connectivity index is 1.78. The molecular formula is C16H19N3O. The molecule has 0 bridgehead atoms. The van der Waals surface area contributed by atoms with E-state index in [0.29, 0.717) is 6.04 Å². The first kappa shape index (κ1) is 12.9. The van der Waals surface area contributed by atoms with E-state index in [1.807, 2.05) is 30.8 Å². The number of nitrogens with zero attached hydrogens (tertiary/aromatic N) is 2. The van der Waals surface area contributed by atoms with Gasteiger partial charge in [-0.05, 0) is 36.7 Å². The van der Waals surface area contributed by atoms with Gasteiger partial charge in [-0.2, -0.15) is 0 Å². The molecule has 2 heterocycles. The number of imidazole rings is 1. The fourth-order valence-corrected chi connectivity index (χ4v) is 2.58. The normalized spacial score (nSPS) is 12.8. The second kappa shape index (κ2) is 5.92. The number of rotatable bonds is 6. The van der Waals surface area contributed by atoms with Gasteiger partial charge in [-0.15, -0.1) is 0 Å². The maximum absolute atomic E-state index is 5.15. The van der Waals surface area contributed by atoms with Crippen LogP contribution >= 0.6 is 0 Å². The minimum absolute atomic E-state index is 0.371. The van der Waals surface area contributed by atoms with Crippen molar-refractivity contribution in [1.29, 1.82) is 0 Å². The zero-order valence-corrected chi connectivity index (χ0v) is 11.6. The summed E-state index contributed by atoms with van der Waals surface area (Å²) in [6, 6.07) is 10.6. The molecule has 2 aromatic heterocycles. The van der Waals surface area contributed by atoms with Crippen LogP contribution in [0.15, 0.2) is 53.6 Å². The lowest BCUT2D eigenvalue weighted by Crippen LogP contribution is -2.34. The number of para-hydroxylation sites is 2. The molecule has 1 N–H and O–H groups in total. The average Bonchev–Trinajstić information content (AvgIpc) is 3.10. The third-order valence-electron chi connectivity index (χ3n) is 3.50. The van der Waals surface area contributed by atoms with E-state index in [2.05, 4.69) is 33.9 Å². The predicted molar refractivity (Wildman–Crippen MR) is 79.6 cm³/mol. The minimum Gasteiger partial charge on any atom is -0.472 e. The first-order chi connectivity index (χ1) is 9.86. The molecule has 0 spiro atoms. The Morgan fingerprint density at radius 2 is 2.20 bits per heavy atom. The molecule has 0 saturated heterocycles. The lowest BCUT2D eigenvalue weighted by Gasteiger charge is -2.18. The van der Waals surface area contributed by atoms with Gasteiger partial charge >= 0.3 is 0 Å².